The zero-order chi connectivity index (χ0) is 15.4. The molecule has 0 unspecified atom stereocenters. The number of rotatable bonds is 5. The topological polar surface area (TPSA) is 134 Å². The third-order valence-electron chi connectivity index (χ3n) is 3.27. The number of aliphatic hydroxyl groups excluding tert-OH is 1. The number of nitrogens with two attached hydrogens (primary N) is 1. The standard InChI is InChI=1S/C11H19N7O3/c1-16-3-5-17(6-4-16)10-8(18(20)21)9(12)14-11(15-10)13-2-7-19/h19H,2-7H2,1H3,(H3,12,13,14,15). The van der Waals surface area contributed by atoms with Crippen LogP contribution in [0.5, 0.6) is 0 Å². The Morgan fingerprint density at radius 1 is 1.38 bits per heavy atom. The fourth-order valence-electron chi connectivity index (χ4n) is 2.12. The highest BCUT2D eigenvalue weighted by molar-refractivity contribution is 5.71. The van der Waals surface area contributed by atoms with Gasteiger partial charge in [-0.25, -0.2) is 0 Å². The fraction of sp³-hybridized carbons (Fsp3) is 0.636. The van der Waals surface area contributed by atoms with E-state index in [0.29, 0.717) is 13.1 Å². The lowest BCUT2D eigenvalue weighted by atomic mass is 10.3. The Morgan fingerprint density at radius 3 is 2.62 bits per heavy atom. The van der Waals surface area contributed by atoms with E-state index < -0.39 is 4.92 Å². The molecule has 1 fully saturated rings. The molecular formula is C11H19N7O3. The van der Waals surface area contributed by atoms with Gasteiger partial charge < -0.3 is 26.0 Å². The lowest BCUT2D eigenvalue weighted by Gasteiger charge is -2.32. The number of nitrogens with zero attached hydrogens (tertiary/aromatic N) is 5. The number of aromatic nitrogens is 2. The Bertz CT molecular complexity index is 517. The number of hydrogen-bond donors (Lipinski definition) is 3. The van der Waals surface area contributed by atoms with Gasteiger partial charge in [0.05, 0.1) is 11.5 Å². The summed E-state index contributed by atoms with van der Waals surface area (Å²) in [6.07, 6.45) is 0. The molecule has 1 aliphatic rings. The van der Waals surface area contributed by atoms with Crippen molar-refractivity contribution in [1.29, 1.82) is 0 Å². The van der Waals surface area contributed by atoms with E-state index >= 15 is 0 Å². The van der Waals surface area contributed by atoms with Crippen molar-refractivity contribution in [1.82, 2.24) is 14.9 Å². The van der Waals surface area contributed by atoms with Crippen molar-refractivity contribution in [2.45, 2.75) is 0 Å². The van der Waals surface area contributed by atoms with Crippen LogP contribution in [0.3, 0.4) is 0 Å². The summed E-state index contributed by atoms with van der Waals surface area (Å²) in [4.78, 5) is 22.7. The first-order chi connectivity index (χ1) is 10.0. The minimum atomic E-state index is -0.557. The predicted molar refractivity (Wildman–Crippen MR) is 78.4 cm³/mol. The van der Waals surface area contributed by atoms with Gasteiger partial charge in [-0.2, -0.15) is 9.97 Å². The van der Waals surface area contributed by atoms with Crippen LogP contribution in [-0.4, -0.2) is 71.3 Å². The van der Waals surface area contributed by atoms with Crippen molar-refractivity contribution in [2.24, 2.45) is 0 Å². The van der Waals surface area contributed by atoms with Crippen LogP contribution in [0.1, 0.15) is 0 Å². The maximum atomic E-state index is 11.2. The molecule has 1 aromatic rings. The number of piperazine rings is 1. The molecule has 0 aliphatic carbocycles. The molecular weight excluding hydrogens is 278 g/mol. The lowest BCUT2D eigenvalue weighted by Crippen LogP contribution is -2.45. The summed E-state index contributed by atoms with van der Waals surface area (Å²) in [5.41, 5.74) is 5.43. The second kappa shape index (κ2) is 6.50. The first-order valence-corrected chi connectivity index (χ1v) is 6.63. The Kier molecular flexibility index (Phi) is 4.70. The largest absolute Gasteiger partial charge is 0.395 e. The number of hydrogen-bond acceptors (Lipinski definition) is 9. The van der Waals surface area contributed by atoms with E-state index in [4.69, 9.17) is 10.8 Å². The van der Waals surface area contributed by atoms with E-state index in [1.165, 1.54) is 0 Å². The molecule has 0 radical (unpaired) electrons. The Balaban J connectivity index is 2.35. The quantitative estimate of drug-likeness (QED) is 0.468. The van der Waals surface area contributed by atoms with Gasteiger partial charge in [0.2, 0.25) is 17.6 Å². The highest BCUT2D eigenvalue weighted by Crippen LogP contribution is 2.32. The molecule has 0 aromatic carbocycles. The smallest absolute Gasteiger partial charge is 0.353 e. The Morgan fingerprint density at radius 2 is 2.05 bits per heavy atom. The Labute approximate surface area is 121 Å². The maximum absolute atomic E-state index is 11.2. The molecule has 0 bridgehead atoms. The van der Waals surface area contributed by atoms with Crippen molar-refractivity contribution >= 4 is 23.3 Å². The molecule has 10 nitrogen and oxygen atoms in total. The van der Waals surface area contributed by atoms with Crippen molar-refractivity contribution in [3.8, 4) is 0 Å². The van der Waals surface area contributed by atoms with Crippen molar-refractivity contribution in [3.05, 3.63) is 10.1 Å². The summed E-state index contributed by atoms with van der Waals surface area (Å²) in [5, 5.41) is 22.8. The van der Waals surface area contributed by atoms with Gasteiger partial charge in [0.1, 0.15) is 0 Å². The van der Waals surface area contributed by atoms with Crippen LogP contribution in [0.25, 0.3) is 0 Å². The van der Waals surface area contributed by atoms with Crippen molar-refractivity contribution in [2.75, 3.05) is 62.3 Å². The van der Waals surface area contributed by atoms with E-state index in [2.05, 4.69) is 20.2 Å². The summed E-state index contributed by atoms with van der Waals surface area (Å²) >= 11 is 0. The number of nitrogens with one attached hydrogen (secondary N) is 1. The monoisotopic (exact) mass is 297 g/mol. The van der Waals surface area contributed by atoms with Gasteiger partial charge in [-0.1, -0.05) is 0 Å². The first-order valence-electron chi connectivity index (χ1n) is 6.63. The highest BCUT2D eigenvalue weighted by atomic mass is 16.6. The van der Waals surface area contributed by atoms with Gasteiger partial charge in [0, 0.05) is 32.7 Å². The molecule has 0 atom stereocenters. The molecule has 10 heteroatoms. The molecule has 2 rings (SSSR count). The van der Waals surface area contributed by atoms with Crippen LogP contribution in [0.4, 0.5) is 23.3 Å². The third-order valence-corrected chi connectivity index (χ3v) is 3.27. The van der Waals surface area contributed by atoms with Gasteiger partial charge in [-0.3, -0.25) is 10.1 Å². The molecule has 0 spiro atoms. The lowest BCUT2D eigenvalue weighted by molar-refractivity contribution is -0.383. The summed E-state index contributed by atoms with van der Waals surface area (Å²) < 4.78 is 0. The van der Waals surface area contributed by atoms with E-state index in [1.807, 2.05) is 11.9 Å². The van der Waals surface area contributed by atoms with E-state index in [0.717, 1.165) is 13.1 Å². The molecule has 0 amide bonds. The number of nitro groups is 1. The number of anilines is 3. The molecule has 4 N–H and O–H groups in total. The number of likely N-dealkylation sites (N-methyl/N-ethyl adjacent to an activating group) is 1. The average Bonchev–Trinajstić information content (AvgIpc) is 2.44. The SMILES string of the molecule is CN1CCN(c2nc(NCCO)nc(N)c2[N+](=O)[O-])CC1. The molecule has 1 saturated heterocycles. The molecule has 1 aliphatic heterocycles. The summed E-state index contributed by atoms with van der Waals surface area (Å²) in [6.45, 7) is 3.00. The zero-order valence-corrected chi connectivity index (χ0v) is 11.8. The van der Waals surface area contributed by atoms with E-state index in [1.54, 1.807) is 0 Å². The second-order valence-electron chi connectivity index (χ2n) is 4.80. The van der Waals surface area contributed by atoms with Crippen LogP contribution in [0.15, 0.2) is 0 Å². The number of nitrogen functional groups attached to an aromatic ring is 1. The van der Waals surface area contributed by atoms with Gasteiger partial charge in [-0.15, -0.1) is 0 Å². The summed E-state index contributed by atoms with van der Waals surface area (Å²) in [5.74, 6) is 0.228. The molecule has 2 heterocycles. The minimum Gasteiger partial charge on any atom is -0.395 e. The van der Waals surface area contributed by atoms with Crippen LogP contribution in [0, 0.1) is 10.1 Å². The van der Waals surface area contributed by atoms with Crippen LogP contribution < -0.4 is 16.0 Å². The molecule has 116 valence electrons. The average molecular weight is 297 g/mol. The van der Waals surface area contributed by atoms with Crippen LogP contribution >= 0.6 is 0 Å². The zero-order valence-electron chi connectivity index (χ0n) is 11.8. The van der Waals surface area contributed by atoms with Crippen molar-refractivity contribution < 1.29 is 10.0 Å². The van der Waals surface area contributed by atoms with Gasteiger partial charge in [0.15, 0.2) is 0 Å². The van der Waals surface area contributed by atoms with Gasteiger partial charge in [-0.05, 0) is 7.05 Å². The maximum Gasteiger partial charge on any atom is 0.353 e. The Hall–Kier alpha value is -2.20. The normalized spacial score (nSPS) is 16.0. The predicted octanol–water partition coefficient (Wildman–Crippen LogP) is -0.877. The number of aliphatic hydroxyl groups is 1. The minimum absolute atomic E-state index is 0.0932. The molecule has 1 aromatic heterocycles. The van der Waals surface area contributed by atoms with Crippen LogP contribution in [-0.2, 0) is 0 Å². The van der Waals surface area contributed by atoms with Crippen LogP contribution in [0.2, 0.25) is 0 Å². The first kappa shape index (κ1) is 15.2. The summed E-state index contributed by atoms with van der Waals surface area (Å²) in [6, 6.07) is 0. The van der Waals surface area contributed by atoms with Gasteiger partial charge >= 0.3 is 5.69 Å². The molecule has 0 saturated carbocycles. The third kappa shape index (κ3) is 3.47. The van der Waals surface area contributed by atoms with E-state index in [-0.39, 0.29) is 36.4 Å². The highest BCUT2D eigenvalue weighted by Gasteiger charge is 2.28. The molecule has 21 heavy (non-hydrogen) atoms. The van der Waals surface area contributed by atoms with Gasteiger partial charge in [0.25, 0.3) is 0 Å². The fourth-order valence-corrected chi connectivity index (χ4v) is 2.12. The summed E-state index contributed by atoms with van der Waals surface area (Å²) in [7, 11) is 1.99. The second-order valence-corrected chi connectivity index (χ2v) is 4.80. The van der Waals surface area contributed by atoms with Crippen molar-refractivity contribution in [3.63, 3.8) is 0 Å². The van der Waals surface area contributed by atoms with E-state index in [9.17, 15) is 10.1 Å².